The highest BCUT2D eigenvalue weighted by Crippen LogP contribution is 2.22. The maximum atomic E-state index is 13.1. The quantitative estimate of drug-likeness (QED) is 0.252. The van der Waals surface area contributed by atoms with E-state index >= 15 is 0 Å². The summed E-state index contributed by atoms with van der Waals surface area (Å²) in [6, 6.07) is 24.2. The number of nitrogens with zero attached hydrogens (tertiary/aromatic N) is 2. The van der Waals surface area contributed by atoms with Crippen molar-refractivity contribution in [3.8, 4) is 5.75 Å². The average molecular weight is 490 g/mol. The summed E-state index contributed by atoms with van der Waals surface area (Å²) in [5.74, 6) is 0.635. The number of benzene rings is 3. The molecule has 8 heteroatoms. The van der Waals surface area contributed by atoms with Crippen molar-refractivity contribution in [1.29, 1.82) is 0 Å². The lowest BCUT2D eigenvalue weighted by atomic mass is 10.2. The number of para-hydroxylation sites is 1. The Hall–Kier alpha value is -3.62. The fourth-order valence-electron chi connectivity index (χ4n) is 3.63. The smallest absolute Gasteiger partial charge is 0.262 e. The fraction of sp³-hybridized carbons (Fsp3) is 0.222. The van der Waals surface area contributed by atoms with Gasteiger partial charge in [0.25, 0.3) is 5.56 Å². The van der Waals surface area contributed by atoms with Crippen LogP contribution in [0.4, 0.5) is 5.69 Å². The van der Waals surface area contributed by atoms with Crippen molar-refractivity contribution in [3.05, 3.63) is 94.8 Å². The number of methoxy groups -OCH3 is 1. The van der Waals surface area contributed by atoms with E-state index in [9.17, 15) is 9.59 Å². The van der Waals surface area contributed by atoms with E-state index in [1.54, 1.807) is 35.9 Å². The third-order valence-electron chi connectivity index (χ3n) is 5.34. The molecule has 0 bridgehead atoms. The van der Waals surface area contributed by atoms with Gasteiger partial charge < -0.3 is 14.8 Å². The van der Waals surface area contributed by atoms with Gasteiger partial charge in [-0.1, -0.05) is 54.2 Å². The molecule has 0 radical (unpaired) electrons. The van der Waals surface area contributed by atoms with Crippen LogP contribution in [0.2, 0.25) is 0 Å². The molecule has 180 valence electrons. The summed E-state index contributed by atoms with van der Waals surface area (Å²) in [5, 5.41) is 3.91. The normalized spacial score (nSPS) is 11.8. The Labute approximate surface area is 208 Å². The summed E-state index contributed by atoms with van der Waals surface area (Å²) >= 11 is 1.23. The maximum Gasteiger partial charge on any atom is 0.262 e. The van der Waals surface area contributed by atoms with Gasteiger partial charge in [-0.05, 0) is 48.9 Å². The van der Waals surface area contributed by atoms with E-state index in [1.807, 2.05) is 61.5 Å². The van der Waals surface area contributed by atoms with Crippen molar-refractivity contribution < 1.29 is 14.3 Å². The van der Waals surface area contributed by atoms with Gasteiger partial charge in [-0.25, -0.2) is 4.98 Å². The largest absolute Gasteiger partial charge is 0.489 e. The molecule has 0 unspecified atom stereocenters. The summed E-state index contributed by atoms with van der Waals surface area (Å²) < 4.78 is 12.6. The molecule has 0 aliphatic carbocycles. The highest BCUT2D eigenvalue weighted by molar-refractivity contribution is 7.99. The van der Waals surface area contributed by atoms with Gasteiger partial charge in [0.2, 0.25) is 5.91 Å². The lowest BCUT2D eigenvalue weighted by molar-refractivity contribution is -0.113. The third-order valence-corrected chi connectivity index (χ3v) is 6.30. The van der Waals surface area contributed by atoms with Crippen LogP contribution < -0.4 is 15.6 Å². The van der Waals surface area contributed by atoms with E-state index in [1.165, 1.54) is 11.8 Å². The summed E-state index contributed by atoms with van der Waals surface area (Å²) in [6.45, 7) is 2.73. The lowest BCUT2D eigenvalue weighted by Crippen LogP contribution is -2.29. The molecule has 1 heterocycles. The first-order chi connectivity index (χ1) is 17.0. The van der Waals surface area contributed by atoms with E-state index in [-0.39, 0.29) is 23.3 Å². The van der Waals surface area contributed by atoms with Crippen LogP contribution in [-0.2, 0) is 16.1 Å². The van der Waals surface area contributed by atoms with Gasteiger partial charge in [0, 0.05) is 12.8 Å². The maximum absolute atomic E-state index is 13.1. The second-order valence-corrected chi connectivity index (χ2v) is 8.97. The Morgan fingerprint density at radius 3 is 2.49 bits per heavy atom. The summed E-state index contributed by atoms with van der Waals surface area (Å²) in [5.41, 5.74) is 2.21. The zero-order valence-corrected chi connectivity index (χ0v) is 20.5. The van der Waals surface area contributed by atoms with Gasteiger partial charge in [-0.15, -0.1) is 0 Å². The molecule has 4 aromatic rings. The van der Waals surface area contributed by atoms with Gasteiger partial charge in [0.15, 0.2) is 5.16 Å². The van der Waals surface area contributed by atoms with Crippen molar-refractivity contribution in [1.82, 2.24) is 9.55 Å². The Morgan fingerprint density at radius 1 is 1.03 bits per heavy atom. The Kier molecular flexibility index (Phi) is 8.18. The topological polar surface area (TPSA) is 82.4 Å². The molecule has 1 aromatic heterocycles. The minimum Gasteiger partial charge on any atom is -0.489 e. The van der Waals surface area contributed by atoms with E-state index < -0.39 is 0 Å². The molecule has 0 saturated heterocycles. The van der Waals surface area contributed by atoms with Gasteiger partial charge in [0.1, 0.15) is 12.4 Å². The second-order valence-electron chi connectivity index (χ2n) is 8.03. The monoisotopic (exact) mass is 489 g/mol. The van der Waals surface area contributed by atoms with E-state index in [0.717, 1.165) is 11.3 Å². The molecule has 7 nitrogen and oxygen atoms in total. The summed E-state index contributed by atoms with van der Waals surface area (Å²) in [4.78, 5) is 30.4. The molecule has 1 amide bonds. The van der Waals surface area contributed by atoms with Crippen molar-refractivity contribution in [3.63, 3.8) is 0 Å². The van der Waals surface area contributed by atoms with Gasteiger partial charge in [0.05, 0.1) is 29.3 Å². The number of rotatable bonds is 10. The number of aromatic nitrogens is 2. The lowest BCUT2D eigenvalue weighted by Gasteiger charge is -2.18. The van der Waals surface area contributed by atoms with Crippen LogP contribution in [0.5, 0.6) is 5.75 Å². The number of fused-ring (bicyclic) bond motifs is 1. The number of amides is 1. The molecule has 3 aromatic carbocycles. The van der Waals surface area contributed by atoms with Crippen LogP contribution in [0.25, 0.3) is 10.9 Å². The first-order valence-electron chi connectivity index (χ1n) is 11.2. The molecule has 1 N–H and O–H groups in total. The van der Waals surface area contributed by atoms with Crippen LogP contribution in [0.15, 0.2) is 88.8 Å². The Morgan fingerprint density at radius 2 is 1.74 bits per heavy atom. The first-order valence-corrected chi connectivity index (χ1v) is 12.2. The Bertz CT molecular complexity index is 1340. The molecular weight excluding hydrogens is 462 g/mol. The van der Waals surface area contributed by atoms with Crippen molar-refractivity contribution in [2.24, 2.45) is 0 Å². The summed E-state index contributed by atoms with van der Waals surface area (Å²) in [7, 11) is 1.59. The van der Waals surface area contributed by atoms with Gasteiger partial charge in [-0.3, -0.25) is 14.2 Å². The number of ether oxygens (including phenoxy) is 2. The van der Waals surface area contributed by atoms with E-state index in [2.05, 4.69) is 10.3 Å². The number of carbonyl (C=O) groups excluding carboxylic acids is 1. The van der Waals surface area contributed by atoms with Crippen LogP contribution in [-0.4, -0.2) is 34.9 Å². The molecule has 4 rings (SSSR count). The first kappa shape index (κ1) is 24.5. The molecular formula is C27H27N3O4S. The average Bonchev–Trinajstić information content (AvgIpc) is 2.88. The minimum atomic E-state index is -0.224. The van der Waals surface area contributed by atoms with Gasteiger partial charge >= 0.3 is 0 Å². The predicted molar refractivity (Wildman–Crippen MR) is 139 cm³/mol. The standard InChI is InChI=1S/C27H27N3O4S/c1-19(16-33-2)30-26(32)23-10-6-7-11-24(23)29-27(30)35-18-25(31)28-21-12-14-22(15-13-21)34-17-20-8-4-3-5-9-20/h3-15,19H,16-18H2,1-2H3,(H,28,31)/t19-/m0/s1. The highest BCUT2D eigenvalue weighted by atomic mass is 32.2. The van der Waals surface area contributed by atoms with Crippen LogP contribution in [0.3, 0.4) is 0 Å². The zero-order valence-electron chi connectivity index (χ0n) is 19.6. The van der Waals surface area contributed by atoms with E-state index in [0.29, 0.717) is 35.0 Å². The SMILES string of the molecule is COC[C@H](C)n1c(SCC(=O)Nc2ccc(OCc3ccccc3)cc2)nc2ccccc2c1=O. The van der Waals surface area contributed by atoms with E-state index in [4.69, 9.17) is 9.47 Å². The van der Waals surface area contributed by atoms with Gasteiger partial charge in [-0.2, -0.15) is 0 Å². The highest BCUT2D eigenvalue weighted by Gasteiger charge is 2.17. The number of thioether (sulfide) groups is 1. The molecule has 0 saturated carbocycles. The summed E-state index contributed by atoms with van der Waals surface area (Å²) in [6.07, 6.45) is 0. The van der Waals surface area contributed by atoms with Crippen molar-refractivity contribution in [2.75, 3.05) is 24.8 Å². The number of carbonyl (C=O) groups is 1. The number of hydrogen-bond donors (Lipinski definition) is 1. The molecule has 0 aliphatic heterocycles. The number of anilines is 1. The Balaban J connectivity index is 1.40. The molecule has 0 aliphatic rings. The van der Waals surface area contributed by atoms with Crippen LogP contribution in [0, 0.1) is 0 Å². The number of hydrogen-bond acceptors (Lipinski definition) is 6. The third kappa shape index (κ3) is 6.29. The van der Waals surface area contributed by atoms with Crippen LogP contribution in [0.1, 0.15) is 18.5 Å². The minimum absolute atomic E-state index is 0.108. The predicted octanol–water partition coefficient (Wildman–Crippen LogP) is 4.91. The van der Waals surface area contributed by atoms with Crippen molar-refractivity contribution in [2.45, 2.75) is 24.7 Å². The molecule has 0 spiro atoms. The molecule has 35 heavy (non-hydrogen) atoms. The molecule has 1 atom stereocenters. The van der Waals surface area contributed by atoms with Crippen LogP contribution >= 0.6 is 11.8 Å². The molecule has 0 fully saturated rings. The number of nitrogens with one attached hydrogen (secondary N) is 1. The van der Waals surface area contributed by atoms with Crippen molar-refractivity contribution >= 4 is 34.3 Å². The second kappa shape index (κ2) is 11.7. The fourth-order valence-corrected chi connectivity index (χ4v) is 4.53. The zero-order chi connectivity index (χ0) is 24.6.